The fraction of sp³-hybridized carbons (Fsp3) is 0.692. The van der Waals surface area contributed by atoms with Gasteiger partial charge in [-0.3, -0.25) is 4.90 Å². The van der Waals surface area contributed by atoms with Crippen LogP contribution in [0.25, 0.3) is 0 Å². The van der Waals surface area contributed by atoms with E-state index in [2.05, 4.69) is 24.1 Å². The molecule has 2 atom stereocenters. The van der Waals surface area contributed by atoms with Crippen LogP contribution in [0, 0.1) is 0 Å². The van der Waals surface area contributed by atoms with Gasteiger partial charge in [0.2, 0.25) is 0 Å². The highest BCUT2D eigenvalue weighted by molar-refractivity contribution is 5.03. The molecule has 3 heteroatoms. The summed E-state index contributed by atoms with van der Waals surface area (Å²) in [5.41, 5.74) is 0. The highest BCUT2D eigenvalue weighted by Crippen LogP contribution is 2.18. The number of hydrogen-bond donors (Lipinski definition) is 1. The van der Waals surface area contributed by atoms with E-state index in [0.29, 0.717) is 12.1 Å². The van der Waals surface area contributed by atoms with Crippen LogP contribution in [0.1, 0.15) is 38.5 Å². The normalized spacial score (nSPS) is 23.8. The van der Waals surface area contributed by atoms with E-state index in [1.807, 2.05) is 12.1 Å². The van der Waals surface area contributed by atoms with E-state index in [1.165, 1.54) is 25.9 Å². The van der Waals surface area contributed by atoms with Crippen LogP contribution in [-0.2, 0) is 0 Å². The second-order valence-electron chi connectivity index (χ2n) is 4.57. The summed E-state index contributed by atoms with van der Waals surface area (Å²) in [5.74, 6) is 1.03. The van der Waals surface area contributed by atoms with Crippen LogP contribution in [0.5, 0.6) is 0 Å². The summed E-state index contributed by atoms with van der Waals surface area (Å²) >= 11 is 0. The summed E-state index contributed by atoms with van der Waals surface area (Å²) in [6, 6.07) is 5.00. The molecule has 0 aromatic carbocycles. The molecule has 1 aromatic heterocycles. The van der Waals surface area contributed by atoms with Crippen LogP contribution < -0.4 is 5.32 Å². The number of nitrogens with zero attached hydrogens (tertiary/aromatic N) is 1. The molecule has 1 saturated heterocycles. The first-order valence-electron chi connectivity index (χ1n) is 6.32. The molecular weight excluding hydrogens is 200 g/mol. The van der Waals surface area contributed by atoms with Crippen molar-refractivity contribution in [2.24, 2.45) is 0 Å². The van der Waals surface area contributed by atoms with Crippen molar-refractivity contribution in [1.29, 1.82) is 0 Å². The molecule has 0 amide bonds. The zero-order valence-electron chi connectivity index (χ0n) is 10.3. The lowest BCUT2D eigenvalue weighted by Crippen LogP contribution is -2.38. The number of likely N-dealkylation sites (N-methyl/N-ethyl adjacent to an activating group) is 1. The fourth-order valence-electron chi connectivity index (χ4n) is 2.49. The smallest absolute Gasteiger partial charge is 0.120 e. The second kappa shape index (κ2) is 5.51. The minimum atomic E-state index is 0.314. The fourth-order valence-corrected chi connectivity index (χ4v) is 2.49. The summed E-state index contributed by atoms with van der Waals surface area (Å²) in [5, 5.41) is 3.56. The Bertz CT molecular complexity index is 297. The highest BCUT2D eigenvalue weighted by Gasteiger charge is 2.23. The van der Waals surface area contributed by atoms with Gasteiger partial charge in [0.15, 0.2) is 0 Å². The van der Waals surface area contributed by atoms with Gasteiger partial charge in [0.05, 0.1) is 12.3 Å². The first kappa shape index (κ1) is 11.7. The zero-order valence-corrected chi connectivity index (χ0v) is 10.3. The first-order valence-corrected chi connectivity index (χ1v) is 6.32. The van der Waals surface area contributed by atoms with Crippen molar-refractivity contribution in [3.8, 4) is 0 Å². The Morgan fingerprint density at radius 1 is 1.62 bits per heavy atom. The molecular formula is C13H22N2O. The molecule has 3 nitrogen and oxygen atoms in total. The Kier molecular flexibility index (Phi) is 4.02. The quantitative estimate of drug-likeness (QED) is 0.829. The third-order valence-electron chi connectivity index (χ3n) is 3.53. The van der Waals surface area contributed by atoms with Crippen LogP contribution in [0.4, 0.5) is 0 Å². The molecule has 90 valence electrons. The molecule has 2 unspecified atom stereocenters. The van der Waals surface area contributed by atoms with Gasteiger partial charge in [-0.05, 0) is 45.0 Å². The molecule has 2 rings (SSSR count). The summed E-state index contributed by atoms with van der Waals surface area (Å²) in [4.78, 5) is 2.56. The van der Waals surface area contributed by atoms with Crippen molar-refractivity contribution in [3.63, 3.8) is 0 Å². The van der Waals surface area contributed by atoms with Gasteiger partial charge in [0.1, 0.15) is 5.76 Å². The molecule has 0 spiro atoms. The Balaban J connectivity index is 1.78. The molecule has 1 aliphatic heterocycles. The van der Waals surface area contributed by atoms with Crippen LogP contribution in [0.15, 0.2) is 22.8 Å². The van der Waals surface area contributed by atoms with E-state index in [1.54, 1.807) is 6.26 Å². The van der Waals surface area contributed by atoms with Gasteiger partial charge >= 0.3 is 0 Å². The summed E-state index contributed by atoms with van der Waals surface area (Å²) in [7, 11) is 0. The summed E-state index contributed by atoms with van der Waals surface area (Å²) < 4.78 is 5.39. The zero-order chi connectivity index (χ0) is 11.4. The van der Waals surface area contributed by atoms with Gasteiger partial charge in [-0.2, -0.15) is 0 Å². The van der Waals surface area contributed by atoms with Gasteiger partial charge in [-0.25, -0.2) is 0 Å². The Morgan fingerprint density at radius 2 is 2.50 bits per heavy atom. The van der Waals surface area contributed by atoms with Gasteiger partial charge in [0, 0.05) is 12.6 Å². The van der Waals surface area contributed by atoms with E-state index in [4.69, 9.17) is 4.42 Å². The lowest BCUT2D eigenvalue weighted by atomic mass is 10.2. The Labute approximate surface area is 97.8 Å². The summed E-state index contributed by atoms with van der Waals surface area (Å²) in [6.07, 6.45) is 4.41. The van der Waals surface area contributed by atoms with E-state index in [0.717, 1.165) is 12.3 Å². The van der Waals surface area contributed by atoms with Crippen LogP contribution in [0.3, 0.4) is 0 Å². The lowest BCUT2D eigenvalue weighted by molar-refractivity contribution is 0.252. The van der Waals surface area contributed by atoms with Crippen molar-refractivity contribution in [2.75, 3.05) is 19.6 Å². The van der Waals surface area contributed by atoms with Gasteiger partial charge in [-0.15, -0.1) is 0 Å². The standard InChI is InChI=1S/C13H22N2O/c1-3-15-8-4-6-12(15)10-14-11(2)13-7-5-9-16-13/h5,7,9,11-12,14H,3-4,6,8,10H2,1-2H3. The predicted molar refractivity (Wildman–Crippen MR) is 65.4 cm³/mol. The highest BCUT2D eigenvalue weighted by atomic mass is 16.3. The molecule has 0 aliphatic carbocycles. The van der Waals surface area contributed by atoms with Crippen molar-refractivity contribution in [1.82, 2.24) is 10.2 Å². The van der Waals surface area contributed by atoms with Crippen molar-refractivity contribution in [2.45, 2.75) is 38.8 Å². The average Bonchev–Trinajstić information content (AvgIpc) is 2.96. The molecule has 0 radical (unpaired) electrons. The maximum atomic E-state index is 5.39. The summed E-state index contributed by atoms with van der Waals surface area (Å²) in [6.45, 7) is 7.90. The minimum absolute atomic E-state index is 0.314. The maximum Gasteiger partial charge on any atom is 0.120 e. The van der Waals surface area contributed by atoms with Crippen LogP contribution >= 0.6 is 0 Å². The molecule has 1 aromatic rings. The number of furan rings is 1. The Hall–Kier alpha value is -0.800. The molecule has 2 heterocycles. The van der Waals surface area contributed by atoms with Gasteiger partial charge in [-0.1, -0.05) is 6.92 Å². The Morgan fingerprint density at radius 3 is 3.19 bits per heavy atom. The predicted octanol–water partition coefficient (Wildman–Crippen LogP) is 2.41. The van der Waals surface area contributed by atoms with E-state index < -0.39 is 0 Å². The number of hydrogen-bond acceptors (Lipinski definition) is 3. The van der Waals surface area contributed by atoms with Gasteiger partial charge in [0.25, 0.3) is 0 Å². The van der Waals surface area contributed by atoms with Crippen LogP contribution in [0.2, 0.25) is 0 Å². The SMILES string of the molecule is CCN1CCCC1CNC(C)c1ccco1. The topological polar surface area (TPSA) is 28.4 Å². The molecule has 1 aliphatic rings. The minimum Gasteiger partial charge on any atom is -0.468 e. The maximum absolute atomic E-state index is 5.39. The third kappa shape index (κ3) is 2.66. The second-order valence-corrected chi connectivity index (χ2v) is 4.57. The molecule has 16 heavy (non-hydrogen) atoms. The van der Waals surface area contributed by atoms with Crippen molar-refractivity contribution >= 4 is 0 Å². The third-order valence-corrected chi connectivity index (χ3v) is 3.53. The van der Waals surface area contributed by atoms with Crippen molar-refractivity contribution in [3.05, 3.63) is 24.2 Å². The largest absolute Gasteiger partial charge is 0.468 e. The molecule has 1 N–H and O–H groups in total. The first-order chi connectivity index (χ1) is 7.81. The molecule has 0 saturated carbocycles. The molecule has 0 bridgehead atoms. The van der Waals surface area contributed by atoms with Crippen LogP contribution in [-0.4, -0.2) is 30.6 Å². The molecule has 1 fully saturated rings. The lowest BCUT2D eigenvalue weighted by Gasteiger charge is -2.24. The van der Waals surface area contributed by atoms with E-state index >= 15 is 0 Å². The number of nitrogens with one attached hydrogen (secondary N) is 1. The van der Waals surface area contributed by atoms with Crippen molar-refractivity contribution < 1.29 is 4.42 Å². The van der Waals surface area contributed by atoms with Gasteiger partial charge < -0.3 is 9.73 Å². The van der Waals surface area contributed by atoms with E-state index in [9.17, 15) is 0 Å². The van der Waals surface area contributed by atoms with E-state index in [-0.39, 0.29) is 0 Å². The number of rotatable bonds is 5. The average molecular weight is 222 g/mol. The monoisotopic (exact) mass is 222 g/mol. The number of likely N-dealkylation sites (tertiary alicyclic amines) is 1.